The van der Waals surface area contributed by atoms with Gasteiger partial charge in [-0.25, -0.2) is 9.78 Å². The van der Waals surface area contributed by atoms with Gasteiger partial charge in [0, 0.05) is 35.2 Å². The maximum absolute atomic E-state index is 13.6. The van der Waals surface area contributed by atoms with Crippen molar-refractivity contribution in [1.82, 2.24) is 14.8 Å². The van der Waals surface area contributed by atoms with E-state index in [0.29, 0.717) is 41.0 Å². The molecule has 0 aliphatic heterocycles. The predicted octanol–water partition coefficient (Wildman–Crippen LogP) is 7.12. The molecule has 0 unspecified atom stereocenters. The fourth-order valence-corrected chi connectivity index (χ4v) is 4.96. The van der Waals surface area contributed by atoms with Crippen LogP contribution in [0.15, 0.2) is 90.3 Å². The summed E-state index contributed by atoms with van der Waals surface area (Å²) in [7, 11) is 0. The number of rotatable bonds is 10. The van der Waals surface area contributed by atoms with Crippen molar-refractivity contribution in [3.8, 4) is 0 Å². The van der Waals surface area contributed by atoms with E-state index in [0.717, 1.165) is 12.0 Å². The van der Waals surface area contributed by atoms with E-state index in [1.165, 1.54) is 16.9 Å². The second-order valence-corrected chi connectivity index (χ2v) is 10.6. The van der Waals surface area contributed by atoms with Gasteiger partial charge >= 0.3 is 6.03 Å². The minimum atomic E-state index is -0.251. The van der Waals surface area contributed by atoms with Crippen LogP contribution in [-0.2, 0) is 19.5 Å². The van der Waals surface area contributed by atoms with Gasteiger partial charge in [-0.3, -0.25) is 4.79 Å². The Morgan fingerprint density at radius 3 is 2.26 bits per heavy atom. The first kappa shape index (κ1) is 27.4. The molecular weight excluding hydrogens is 516 g/mol. The van der Waals surface area contributed by atoms with Crippen molar-refractivity contribution in [2.75, 3.05) is 11.9 Å². The molecule has 1 heterocycles. The number of anilines is 1. The number of thiazole rings is 1. The number of benzene rings is 3. The van der Waals surface area contributed by atoms with Gasteiger partial charge in [0.2, 0.25) is 0 Å². The third kappa shape index (κ3) is 7.66. The van der Waals surface area contributed by atoms with Crippen LogP contribution in [0.3, 0.4) is 0 Å². The largest absolute Gasteiger partial charge is 0.333 e. The molecule has 0 atom stereocenters. The van der Waals surface area contributed by atoms with Gasteiger partial charge in [0.05, 0.1) is 6.54 Å². The van der Waals surface area contributed by atoms with Crippen molar-refractivity contribution in [3.63, 3.8) is 0 Å². The van der Waals surface area contributed by atoms with E-state index >= 15 is 0 Å². The monoisotopic (exact) mass is 546 g/mol. The van der Waals surface area contributed by atoms with Crippen LogP contribution >= 0.6 is 22.9 Å². The lowest BCUT2D eigenvalue weighted by Crippen LogP contribution is -2.39. The average molecular weight is 547 g/mol. The quantitative estimate of drug-likeness (QED) is 0.230. The van der Waals surface area contributed by atoms with Gasteiger partial charge in [-0.15, -0.1) is 11.3 Å². The first-order valence-corrected chi connectivity index (χ1v) is 13.8. The van der Waals surface area contributed by atoms with Crippen LogP contribution in [0.1, 0.15) is 40.5 Å². The van der Waals surface area contributed by atoms with Crippen LogP contribution in [0.5, 0.6) is 0 Å². The summed E-state index contributed by atoms with van der Waals surface area (Å²) in [4.78, 5) is 34.8. The van der Waals surface area contributed by atoms with E-state index in [9.17, 15) is 9.59 Å². The normalized spacial score (nSPS) is 10.8. The van der Waals surface area contributed by atoms with Crippen LogP contribution in [0.2, 0.25) is 5.02 Å². The number of aromatic nitrogens is 1. The summed E-state index contributed by atoms with van der Waals surface area (Å²) in [5, 5.41) is 5.93. The summed E-state index contributed by atoms with van der Waals surface area (Å²) >= 11 is 7.44. The lowest BCUT2D eigenvalue weighted by Gasteiger charge is -2.26. The zero-order valence-corrected chi connectivity index (χ0v) is 23.1. The molecule has 0 aliphatic rings. The maximum Gasteiger partial charge on any atom is 0.322 e. The van der Waals surface area contributed by atoms with Crippen molar-refractivity contribution in [3.05, 3.63) is 117 Å². The molecule has 0 radical (unpaired) electrons. The van der Waals surface area contributed by atoms with E-state index in [1.807, 2.05) is 67.3 Å². The topological polar surface area (TPSA) is 65.5 Å². The van der Waals surface area contributed by atoms with Crippen molar-refractivity contribution < 1.29 is 9.59 Å². The van der Waals surface area contributed by atoms with Crippen LogP contribution in [-0.4, -0.2) is 39.3 Å². The molecule has 0 bridgehead atoms. The lowest BCUT2D eigenvalue weighted by atomic mass is 10.1. The number of amides is 3. The van der Waals surface area contributed by atoms with Gasteiger partial charge in [-0.1, -0.05) is 78.3 Å². The number of urea groups is 1. The fourth-order valence-electron chi connectivity index (χ4n) is 4.00. The summed E-state index contributed by atoms with van der Waals surface area (Å²) in [5.74, 6) is -0.119. The van der Waals surface area contributed by atoms with E-state index < -0.39 is 0 Å². The SMILES string of the molecule is CC(C)N(Cc1nc(C(=O)N(CCc2ccccc2)Cc2ccccc2)cs1)C(=O)Nc1cccc(Cl)c1. The highest BCUT2D eigenvalue weighted by molar-refractivity contribution is 7.09. The van der Waals surface area contributed by atoms with E-state index in [1.54, 1.807) is 34.5 Å². The summed E-state index contributed by atoms with van der Waals surface area (Å²) in [6.45, 7) is 5.26. The standard InChI is InChI=1S/C30H31ClN4O2S/c1-22(2)35(30(37)32-26-15-9-14-25(31)18-26)20-28-33-27(21-38-28)29(36)34(19-24-12-7-4-8-13-24)17-16-23-10-5-3-6-11-23/h3-15,18,21-22H,16-17,19-20H2,1-2H3,(H,32,37). The minimum absolute atomic E-state index is 0.0716. The highest BCUT2D eigenvalue weighted by Crippen LogP contribution is 2.20. The van der Waals surface area contributed by atoms with Crippen LogP contribution < -0.4 is 5.32 Å². The van der Waals surface area contributed by atoms with Crippen LogP contribution in [0.25, 0.3) is 0 Å². The van der Waals surface area contributed by atoms with Gasteiger partial charge in [0.15, 0.2) is 0 Å². The Morgan fingerprint density at radius 1 is 0.921 bits per heavy atom. The van der Waals surface area contributed by atoms with Gasteiger partial charge in [-0.05, 0) is 49.6 Å². The minimum Gasteiger partial charge on any atom is -0.333 e. The molecule has 8 heteroatoms. The molecule has 4 rings (SSSR count). The smallest absolute Gasteiger partial charge is 0.322 e. The molecule has 0 spiro atoms. The Labute approximate surface area is 232 Å². The molecular formula is C30H31ClN4O2S. The molecule has 3 amide bonds. The lowest BCUT2D eigenvalue weighted by molar-refractivity contribution is 0.0739. The molecule has 0 saturated heterocycles. The molecule has 0 aliphatic carbocycles. The summed E-state index contributed by atoms with van der Waals surface area (Å²) in [5.41, 5.74) is 3.26. The van der Waals surface area contributed by atoms with E-state index in [2.05, 4.69) is 22.4 Å². The maximum atomic E-state index is 13.6. The van der Waals surface area contributed by atoms with Gasteiger partial charge in [0.25, 0.3) is 5.91 Å². The third-order valence-electron chi connectivity index (χ3n) is 6.05. The number of carbonyl (C=O) groups excluding carboxylic acids is 2. The Balaban J connectivity index is 1.47. The molecule has 4 aromatic rings. The van der Waals surface area contributed by atoms with Crippen molar-refractivity contribution in [2.24, 2.45) is 0 Å². The fraction of sp³-hybridized carbons (Fsp3) is 0.233. The van der Waals surface area contributed by atoms with Gasteiger partial charge < -0.3 is 15.1 Å². The van der Waals surface area contributed by atoms with Gasteiger partial charge in [-0.2, -0.15) is 0 Å². The zero-order valence-electron chi connectivity index (χ0n) is 21.5. The Bertz CT molecular complexity index is 1340. The second-order valence-electron chi connectivity index (χ2n) is 9.24. The highest BCUT2D eigenvalue weighted by atomic mass is 35.5. The molecule has 1 aromatic heterocycles. The summed E-state index contributed by atoms with van der Waals surface area (Å²) < 4.78 is 0. The third-order valence-corrected chi connectivity index (χ3v) is 7.12. The Kier molecular flexibility index (Phi) is 9.51. The van der Waals surface area contributed by atoms with Crippen LogP contribution in [0, 0.1) is 0 Å². The highest BCUT2D eigenvalue weighted by Gasteiger charge is 2.23. The number of halogens is 1. The molecule has 1 N–H and O–H groups in total. The number of hydrogen-bond donors (Lipinski definition) is 1. The molecule has 3 aromatic carbocycles. The number of nitrogens with zero attached hydrogens (tertiary/aromatic N) is 3. The molecule has 0 saturated carbocycles. The number of hydrogen-bond acceptors (Lipinski definition) is 4. The zero-order chi connectivity index (χ0) is 26.9. The first-order valence-electron chi connectivity index (χ1n) is 12.5. The number of carbonyl (C=O) groups is 2. The molecule has 38 heavy (non-hydrogen) atoms. The van der Waals surface area contributed by atoms with Crippen molar-refractivity contribution >= 4 is 40.6 Å². The molecule has 0 fully saturated rings. The first-order chi connectivity index (χ1) is 18.4. The number of nitrogens with one attached hydrogen (secondary N) is 1. The van der Waals surface area contributed by atoms with E-state index in [-0.39, 0.29) is 18.0 Å². The molecule has 6 nitrogen and oxygen atoms in total. The molecule has 196 valence electrons. The Morgan fingerprint density at radius 2 is 1.61 bits per heavy atom. The van der Waals surface area contributed by atoms with Crippen molar-refractivity contribution in [2.45, 2.75) is 39.4 Å². The average Bonchev–Trinajstić information content (AvgIpc) is 3.39. The van der Waals surface area contributed by atoms with Crippen molar-refractivity contribution in [1.29, 1.82) is 0 Å². The van der Waals surface area contributed by atoms with Crippen LogP contribution in [0.4, 0.5) is 10.5 Å². The summed E-state index contributed by atoms with van der Waals surface area (Å²) in [6.07, 6.45) is 0.751. The second kappa shape index (κ2) is 13.2. The van der Waals surface area contributed by atoms with E-state index in [4.69, 9.17) is 11.6 Å². The Hall–Kier alpha value is -3.68. The summed E-state index contributed by atoms with van der Waals surface area (Å²) in [6, 6.07) is 26.8. The van der Waals surface area contributed by atoms with Gasteiger partial charge in [0.1, 0.15) is 10.7 Å². The predicted molar refractivity (Wildman–Crippen MR) is 155 cm³/mol.